The highest BCUT2D eigenvalue weighted by molar-refractivity contribution is 7.11. The molecule has 0 amide bonds. The van der Waals surface area contributed by atoms with Gasteiger partial charge in [-0.1, -0.05) is 0 Å². The van der Waals surface area contributed by atoms with E-state index >= 15 is 0 Å². The molecule has 0 unspecified atom stereocenters. The minimum atomic E-state index is 0. The number of halogens is 2. The predicted molar refractivity (Wildman–Crippen MR) is 54.6 cm³/mol. The van der Waals surface area contributed by atoms with Gasteiger partial charge in [0.25, 0.3) is 0 Å². The van der Waals surface area contributed by atoms with Crippen molar-refractivity contribution in [3.05, 3.63) is 21.9 Å². The lowest BCUT2D eigenvalue weighted by Gasteiger charge is -1.84. The molecule has 1 aromatic heterocycles. The van der Waals surface area contributed by atoms with Gasteiger partial charge < -0.3 is 11.5 Å². The molecule has 0 bridgehead atoms. The van der Waals surface area contributed by atoms with Crippen LogP contribution in [0.15, 0.2) is 12.1 Å². The van der Waals surface area contributed by atoms with Gasteiger partial charge in [-0.25, -0.2) is 0 Å². The third kappa shape index (κ3) is 3.94. The molecule has 0 saturated heterocycles. The lowest BCUT2D eigenvalue weighted by molar-refractivity contribution is 1.11. The minimum absolute atomic E-state index is 0. The van der Waals surface area contributed by atoms with Gasteiger partial charge in [0.15, 0.2) is 0 Å². The lowest BCUT2D eigenvalue weighted by Crippen LogP contribution is -1.92. The van der Waals surface area contributed by atoms with E-state index in [1.165, 1.54) is 9.75 Å². The molecule has 1 aromatic rings. The van der Waals surface area contributed by atoms with Gasteiger partial charge in [-0.3, -0.25) is 0 Å². The third-order valence-corrected chi connectivity index (χ3v) is 2.25. The van der Waals surface area contributed by atoms with Crippen molar-refractivity contribution in [2.24, 2.45) is 11.5 Å². The fourth-order valence-electron chi connectivity index (χ4n) is 0.642. The van der Waals surface area contributed by atoms with Gasteiger partial charge in [0, 0.05) is 22.8 Å². The monoisotopic (exact) mass is 214 g/mol. The number of thiophene rings is 1. The Morgan fingerprint density at radius 2 is 1.36 bits per heavy atom. The zero-order chi connectivity index (χ0) is 6.69. The normalized spacial score (nSPS) is 8.18. The van der Waals surface area contributed by atoms with Crippen molar-refractivity contribution in [1.82, 2.24) is 0 Å². The Morgan fingerprint density at radius 1 is 1.00 bits per heavy atom. The van der Waals surface area contributed by atoms with Crippen LogP contribution in [-0.4, -0.2) is 0 Å². The molecule has 0 aliphatic carbocycles. The molecule has 11 heavy (non-hydrogen) atoms. The van der Waals surface area contributed by atoms with E-state index in [4.69, 9.17) is 11.5 Å². The highest BCUT2D eigenvalue weighted by Crippen LogP contribution is 2.14. The van der Waals surface area contributed by atoms with Crippen LogP contribution in [0.4, 0.5) is 0 Å². The van der Waals surface area contributed by atoms with Gasteiger partial charge in [0.05, 0.1) is 0 Å². The maximum absolute atomic E-state index is 5.39. The van der Waals surface area contributed by atoms with E-state index in [9.17, 15) is 0 Å². The third-order valence-electron chi connectivity index (χ3n) is 1.12. The van der Waals surface area contributed by atoms with Crippen LogP contribution in [0, 0.1) is 0 Å². The maximum Gasteiger partial charge on any atom is 0.0273 e. The summed E-state index contributed by atoms with van der Waals surface area (Å²) in [7, 11) is 0. The smallest absolute Gasteiger partial charge is 0.0273 e. The van der Waals surface area contributed by atoms with Gasteiger partial charge in [0.1, 0.15) is 0 Å². The van der Waals surface area contributed by atoms with Crippen LogP contribution >= 0.6 is 36.2 Å². The molecule has 0 saturated carbocycles. The van der Waals surface area contributed by atoms with Crippen LogP contribution in [0.5, 0.6) is 0 Å². The highest BCUT2D eigenvalue weighted by Gasteiger charge is 1.93. The molecule has 1 heterocycles. The zero-order valence-corrected chi connectivity index (χ0v) is 8.40. The average molecular weight is 215 g/mol. The van der Waals surface area contributed by atoms with Crippen molar-refractivity contribution < 1.29 is 0 Å². The summed E-state index contributed by atoms with van der Waals surface area (Å²) < 4.78 is 0. The van der Waals surface area contributed by atoms with Crippen LogP contribution < -0.4 is 11.5 Å². The van der Waals surface area contributed by atoms with E-state index in [2.05, 4.69) is 0 Å². The molecule has 0 aromatic carbocycles. The molecule has 0 atom stereocenters. The van der Waals surface area contributed by atoms with Gasteiger partial charge in [-0.15, -0.1) is 36.2 Å². The summed E-state index contributed by atoms with van der Waals surface area (Å²) in [4.78, 5) is 2.41. The number of hydrogen-bond acceptors (Lipinski definition) is 3. The Balaban J connectivity index is 0. The summed E-state index contributed by atoms with van der Waals surface area (Å²) in [6.45, 7) is 1.26. The average Bonchev–Trinajstić information content (AvgIpc) is 2.34. The SMILES string of the molecule is Cl.Cl.NCc1ccc(CN)s1. The van der Waals surface area contributed by atoms with Gasteiger partial charge in [-0.2, -0.15) is 0 Å². The molecular formula is C6H12Cl2N2S. The molecule has 0 radical (unpaired) electrons. The topological polar surface area (TPSA) is 52.0 Å². The van der Waals surface area contributed by atoms with Crippen LogP contribution in [0.2, 0.25) is 0 Å². The largest absolute Gasteiger partial charge is 0.326 e. The predicted octanol–water partition coefficient (Wildman–Crippen LogP) is 1.51. The van der Waals surface area contributed by atoms with Crippen molar-refractivity contribution in [3.63, 3.8) is 0 Å². The molecule has 5 heteroatoms. The van der Waals surface area contributed by atoms with Gasteiger partial charge in [-0.05, 0) is 12.1 Å². The quantitative estimate of drug-likeness (QED) is 0.785. The second kappa shape index (κ2) is 6.88. The molecule has 0 aliphatic rings. The number of rotatable bonds is 2. The zero-order valence-electron chi connectivity index (χ0n) is 5.95. The summed E-state index contributed by atoms with van der Waals surface area (Å²) in [5, 5.41) is 0. The number of nitrogens with two attached hydrogens (primary N) is 2. The van der Waals surface area contributed by atoms with Gasteiger partial charge >= 0.3 is 0 Å². The van der Waals surface area contributed by atoms with E-state index in [-0.39, 0.29) is 24.8 Å². The first-order chi connectivity index (χ1) is 4.36. The number of hydrogen-bond donors (Lipinski definition) is 2. The Morgan fingerprint density at radius 3 is 1.55 bits per heavy atom. The molecule has 0 fully saturated rings. The van der Waals surface area contributed by atoms with E-state index in [0.717, 1.165) is 0 Å². The van der Waals surface area contributed by atoms with Crippen molar-refractivity contribution in [3.8, 4) is 0 Å². The second-order valence-electron chi connectivity index (χ2n) is 1.78. The van der Waals surface area contributed by atoms with Crippen molar-refractivity contribution >= 4 is 36.2 Å². The summed E-state index contributed by atoms with van der Waals surface area (Å²) in [5.41, 5.74) is 10.8. The lowest BCUT2D eigenvalue weighted by atomic mass is 10.4. The van der Waals surface area contributed by atoms with E-state index in [1.807, 2.05) is 12.1 Å². The van der Waals surface area contributed by atoms with Crippen molar-refractivity contribution in [2.75, 3.05) is 0 Å². The summed E-state index contributed by atoms with van der Waals surface area (Å²) in [6, 6.07) is 4.04. The summed E-state index contributed by atoms with van der Waals surface area (Å²) in [5.74, 6) is 0. The van der Waals surface area contributed by atoms with Crippen LogP contribution in [-0.2, 0) is 13.1 Å². The molecule has 1 rings (SSSR count). The highest BCUT2D eigenvalue weighted by atomic mass is 35.5. The Kier molecular flexibility index (Phi) is 8.61. The molecule has 2 nitrogen and oxygen atoms in total. The summed E-state index contributed by atoms with van der Waals surface area (Å²) in [6.07, 6.45) is 0. The molecule has 0 aliphatic heterocycles. The van der Waals surface area contributed by atoms with E-state index < -0.39 is 0 Å². The second-order valence-corrected chi connectivity index (χ2v) is 3.03. The fourth-order valence-corrected chi connectivity index (χ4v) is 1.42. The maximum atomic E-state index is 5.39. The van der Waals surface area contributed by atoms with Crippen LogP contribution in [0.1, 0.15) is 9.75 Å². The van der Waals surface area contributed by atoms with Crippen LogP contribution in [0.3, 0.4) is 0 Å². The standard InChI is InChI=1S/C6H10N2S.2ClH/c7-3-5-1-2-6(4-8)9-5;;/h1-2H,3-4,7-8H2;2*1H. The van der Waals surface area contributed by atoms with Crippen molar-refractivity contribution in [2.45, 2.75) is 13.1 Å². The molecular weight excluding hydrogens is 203 g/mol. The van der Waals surface area contributed by atoms with E-state index in [0.29, 0.717) is 13.1 Å². The Bertz CT molecular complexity index is 172. The summed E-state index contributed by atoms with van der Waals surface area (Å²) >= 11 is 1.68. The Labute approximate surface area is 82.8 Å². The molecule has 66 valence electrons. The first kappa shape index (κ1) is 13.8. The first-order valence-electron chi connectivity index (χ1n) is 2.84. The minimum Gasteiger partial charge on any atom is -0.326 e. The van der Waals surface area contributed by atoms with Crippen molar-refractivity contribution in [1.29, 1.82) is 0 Å². The van der Waals surface area contributed by atoms with Crippen LogP contribution in [0.25, 0.3) is 0 Å². The fraction of sp³-hybridized carbons (Fsp3) is 0.333. The molecule has 4 N–H and O–H groups in total. The first-order valence-corrected chi connectivity index (χ1v) is 3.66. The Hall–Kier alpha value is 0.200. The van der Waals surface area contributed by atoms with Gasteiger partial charge in [0.2, 0.25) is 0 Å². The van der Waals surface area contributed by atoms with E-state index in [1.54, 1.807) is 11.3 Å². The molecule has 0 spiro atoms.